The van der Waals surface area contributed by atoms with E-state index in [2.05, 4.69) is 4.98 Å². The summed E-state index contributed by atoms with van der Waals surface area (Å²) < 4.78 is 41.3. The van der Waals surface area contributed by atoms with Gasteiger partial charge in [-0.25, -0.2) is 18.2 Å². The van der Waals surface area contributed by atoms with E-state index in [4.69, 9.17) is 11.6 Å². The van der Waals surface area contributed by atoms with E-state index in [1.807, 2.05) is 24.3 Å². The highest BCUT2D eigenvalue weighted by atomic mass is 35.5. The second-order valence-electron chi connectivity index (χ2n) is 4.53. The van der Waals surface area contributed by atoms with Crippen molar-refractivity contribution in [2.45, 2.75) is 11.8 Å². The molecule has 0 amide bonds. The zero-order valence-electron chi connectivity index (χ0n) is 10.6. The van der Waals surface area contributed by atoms with E-state index in [1.54, 1.807) is 0 Å². The van der Waals surface area contributed by atoms with Crippen LogP contribution in [0.3, 0.4) is 0 Å². The molecule has 3 rings (SSSR count). The van der Waals surface area contributed by atoms with Crippen LogP contribution < -0.4 is 0 Å². The lowest BCUT2D eigenvalue weighted by atomic mass is 10.1. The average Bonchev–Trinajstić information content (AvgIpc) is 2.79. The van der Waals surface area contributed by atoms with Gasteiger partial charge in [-0.05, 0) is 12.1 Å². The maximum absolute atomic E-state index is 13.7. The van der Waals surface area contributed by atoms with E-state index in [1.165, 1.54) is 11.3 Å². The maximum atomic E-state index is 13.7. The van der Waals surface area contributed by atoms with Crippen molar-refractivity contribution in [1.82, 2.24) is 4.98 Å². The van der Waals surface area contributed by atoms with Crippen LogP contribution >= 0.6 is 22.9 Å². The SMILES string of the molecule is Fc1cc(F)c(C(Cl)Cc2nc3ccccc3s2)c(F)c1. The van der Waals surface area contributed by atoms with Gasteiger partial charge in [-0.3, -0.25) is 0 Å². The van der Waals surface area contributed by atoms with Gasteiger partial charge < -0.3 is 0 Å². The highest BCUT2D eigenvalue weighted by Crippen LogP contribution is 2.32. The van der Waals surface area contributed by atoms with Gasteiger partial charge in [0.2, 0.25) is 0 Å². The number of para-hydroxylation sites is 1. The van der Waals surface area contributed by atoms with Crippen LogP contribution in [0.15, 0.2) is 36.4 Å². The number of benzene rings is 2. The molecule has 1 heterocycles. The monoisotopic (exact) mass is 327 g/mol. The first-order chi connectivity index (χ1) is 10.0. The molecular weight excluding hydrogens is 319 g/mol. The third kappa shape index (κ3) is 2.89. The van der Waals surface area contributed by atoms with E-state index in [-0.39, 0.29) is 12.0 Å². The molecule has 108 valence electrons. The van der Waals surface area contributed by atoms with E-state index in [0.717, 1.165) is 10.2 Å². The Labute approximate surface area is 128 Å². The molecule has 0 spiro atoms. The molecule has 0 bridgehead atoms. The Morgan fingerprint density at radius 2 is 1.76 bits per heavy atom. The van der Waals surface area contributed by atoms with Crippen molar-refractivity contribution < 1.29 is 13.2 Å². The summed E-state index contributed by atoms with van der Waals surface area (Å²) in [6, 6.07) is 8.79. The first kappa shape index (κ1) is 14.4. The quantitative estimate of drug-likeness (QED) is 0.600. The van der Waals surface area contributed by atoms with Crippen molar-refractivity contribution in [3.8, 4) is 0 Å². The Kier molecular flexibility index (Phi) is 3.87. The van der Waals surface area contributed by atoms with Gasteiger partial charge in [-0.15, -0.1) is 22.9 Å². The van der Waals surface area contributed by atoms with E-state index >= 15 is 0 Å². The van der Waals surface area contributed by atoms with Gasteiger partial charge in [0.05, 0.1) is 20.6 Å². The lowest BCUT2D eigenvalue weighted by Gasteiger charge is -2.10. The molecule has 2 aromatic carbocycles. The number of aromatic nitrogens is 1. The molecule has 0 saturated heterocycles. The second-order valence-corrected chi connectivity index (χ2v) is 6.17. The summed E-state index contributed by atoms with van der Waals surface area (Å²) in [6.45, 7) is 0. The first-order valence-corrected chi connectivity index (χ1v) is 7.43. The van der Waals surface area contributed by atoms with Crippen molar-refractivity contribution >= 4 is 33.2 Å². The smallest absolute Gasteiger partial charge is 0.133 e. The summed E-state index contributed by atoms with van der Waals surface area (Å²) >= 11 is 7.52. The number of fused-ring (bicyclic) bond motifs is 1. The molecule has 1 unspecified atom stereocenters. The van der Waals surface area contributed by atoms with Gasteiger partial charge in [0.25, 0.3) is 0 Å². The Hall–Kier alpha value is -1.59. The van der Waals surface area contributed by atoms with E-state index in [0.29, 0.717) is 17.1 Å². The minimum absolute atomic E-state index is 0.181. The summed E-state index contributed by atoms with van der Waals surface area (Å²) in [7, 11) is 0. The van der Waals surface area contributed by atoms with E-state index in [9.17, 15) is 13.2 Å². The highest BCUT2D eigenvalue weighted by molar-refractivity contribution is 7.18. The average molecular weight is 328 g/mol. The molecule has 1 atom stereocenters. The zero-order chi connectivity index (χ0) is 15.0. The molecule has 3 aromatic rings. The Morgan fingerprint density at radius 1 is 1.10 bits per heavy atom. The number of hydrogen-bond acceptors (Lipinski definition) is 2. The normalized spacial score (nSPS) is 12.8. The fourth-order valence-corrected chi connectivity index (χ4v) is 3.57. The molecule has 21 heavy (non-hydrogen) atoms. The topological polar surface area (TPSA) is 12.9 Å². The van der Waals surface area contributed by atoms with Crippen LogP contribution in [0.25, 0.3) is 10.2 Å². The van der Waals surface area contributed by atoms with Crippen molar-refractivity contribution in [2.24, 2.45) is 0 Å². The molecule has 0 aliphatic rings. The molecule has 0 fully saturated rings. The van der Waals surface area contributed by atoms with Gasteiger partial charge in [0.1, 0.15) is 17.5 Å². The molecule has 0 N–H and O–H groups in total. The fourth-order valence-electron chi connectivity index (χ4n) is 2.12. The lowest BCUT2D eigenvalue weighted by molar-refractivity contribution is 0.520. The first-order valence-electron chi connectivity index (χ1n) is 6.17. The van der Waals surface area contributed by atoms with Gasteiger partial charge in [0.15, 0.2) is 0 Å². The van der Waals surface area contributed by atoms with Crippen molar-refractivity contribution in [3.05, 3.63) is 64.4 Å². The summed E-state index contributed by atoms with van der Waals surface area (Å²) in [5.74, 6) is -2.92. The summed E-state index contributed by atoms with van der Waals surface area (Å²) in [5.41, 5.74) is 0.499. The number of rotatable bonds is 3. The molecular formula is C15H9ClF3NS. The minimum atomic E-state index is -0.978. The third-order valence-electron chi connectivity index (χ3n) is 3.05. The molecule has 0 saturated carbocycles. The van der Waals surface area contributed by atoms with Crippen LogP contribution in [0.1, 0.15) is 15.9 Å². The summed E-state index contributed by atoms with van der Waals surface area (Å²) in [5, 5.41) is -0.259. The molecule has 6 heteroatoms. The van der Waals surface area contributed by atoms with Crippen LogP contribution in [-0.4, -0.2) is 4.98 Å². The zero-order valence-corrected chi connectivity index (χ0v) is 12.2. The number of thiazole rings is 1. The minimum Gasteiger partial charge on any atom is -0.241 e. The molecule has 0 aliphatic heterocycles. The highest BCUT2D eigenvalue weighted by Gasteiger charge is 2.21. The number of halogens is 4. The molecule has 1 nitrogen and oxygen atoms in total. The van der Waals surface area contributed by atoms with Crippen LogP contribution in [0.5, 0.6) is 0 Å². The third-order valence-corrected chi connectivity index (χ3v) is 4.48. The number of hydrogen-bond donors (Lipinski definition) is 0. The summed E-state index contributed by atoms with van der Waals surface area (Å²) in [4.78, 5) is 4.37. The van der Waals surface area contributed by atoms with Crippen LogP contribution in [0.2, 0.25) is 0 Å². The number of alkyl halides is 1. The summed E-state index contributed by atoms with van der Waals surface area (Å²) in [6.07, 6.45) is 0.181. The van der Waals surface area contributed by atoms with Gasteiger partial charge >= 0.3 is 0 Å². The fraction of sp³-hybridized carbons (Fsp3) is 0.133. The predicted molar refractivity (Wildman–Crippen MR) is 78.2 cm³/mol. The van der Waals surface area contributed by atoms with E-state index < -0.39 is 22.8 Å². The Morgan fingerprint density at radius 3 is 2.43 bits per heavy atom. The van der Waals surface area contributed by atoms with Crippen molar-refractivity contribution in [3.63, 3.8) is 0 Å². The largest absolute Gasteiger partial charge is 0.241 e. The lowest BCUT2D eigenvalue weighted by Crippen LogP contribution is -2.03. The van der Waals surface area contributed by atoms with Crippen LogP contribution in [0, 0.1) is 17.5 Å². The van der Waals surface area contributed by atoms with Gasteiger partial charge in [-0.2, -0.15) is 0 Å². The van der Waals surface area contributed by atoms with Crippen LogP contribution in [-0.2, 0) is 6.42 Å². The predicted octanol–water partition coefficient (Wildman–Crippen LogP) is 5.24. The molecule has 0 radical (unpaired) electrons. The van der Waals surface area contributed by atoms with Crippen molar-refractivity contribution in [1.29, 1.82) is 0 Å². The Bertz CT molecular complexity index is 746. The maximum Gasteiger partial charge on any atom is 0.133 e. The second kappa shape index (κ2) is 5.66. The van der Waals surface area contributed by atoms with Gasteiger partial charge in [-0.1, -0.05) is 12.1 Å². The van der Waals surface area contributed by atoms with Gasteiger partial charge in [0, 0.05) is 24.1 Å². The molecule has 1 aromatic heterocycles. The Balaban J connectivity index is 1.91. The van der Waals surface area contributed by atoms with Crippen LogP contribution in [0.4, 0.5) is 13.2 Å². The number of nitrogens with zero attached hydrogens (tertiary/aromatic N) is 1. The standard InChI is InChI=1S/C15H9ClF3NS/c16-9(15-10(18)5-8(17)6-11(15)19)7-14-20-12-3-1-2-4-13(12)21-14/h1-6,9H,7H2. The van der Waals surface area contributed by atoms with Crippen molar-refractivity contribution in [2.75, 3.05) is 0 Å². The molecule has 0 aliphatic carbocycles.